The smallest absolute Gasteiger partial charge is 0.123 e. The lowest BCUT2D eigenvalue weighted by Crippen LogP contribution is -2.05. The minimum Gasteiger partial charge on any atom is -0.490 e. The van der Waals surface area contributed by atoms with Gasteiger partial charge in [-0.1, -0.05) is 12.1 Å². The summed E-state index contributed by atoms with van der Waals surface area (Å²) in [5.74, 6) is 1.01. The Morgan fingerprint density at radius 3 is 3.00 bits per heavy atom. The summed E-state index contributed by atoms with van der Waals surface area (Å²) in [6.07, 6.45) is 1.34. The third kappa shape index (κ3) is 1.66. The molecule has 0 saturated heterocycles. The molecule has 0 aliphatic carbocycles. The Hall–Kier alpha value is -0.690. The van der Waals surface area contributed by atoms with Crippen LogP contribution in [0.2, 0.25) is 0 Å². The van der Waals surface area contributed by atoms with Crippen molar-refractivity contribution < 1.29 is 4.74 Å². The van der Waals surface area contributed by atoms with Crippen LogP contribution in [-0.2, 0) is 6.42 Å². The molecule has 70 valence electrons. The van der Waals surface area contributed by atoms with E-state index in [4.69, 9.17) is 16.3 Å². The predicted octanol–water partition coefficient (Wildman–Crippen LogP) is 3.31. The average Bonchev–Trinajstić information content (AvgIpc) is 2.42. The van der Waals surface area contributed by atoms with Crippen molar-refractivity contribution in [3.63, 3.8) is 0 Å². The zero-order valence-electron chi connectivity index (χ0n) is 7.88. The minimum atomic E-state index is 0.0600. The van der Waals surface area contributed by atoms with Crippen LogP contribution in [0.3, 0.4) is 0 Å². The van der Waals surface area contributed by atoms with Crippen molar-refractivity contribution >= 4 is 11.6 Å². The summed E-state index contributed by atoms with van der Waals surface area (Å²) in [4.78, 5) is 0. The maximum Gasteiger partial charge on any atom is 0.123 e. The van der Waals surface area contributed by atoms with E-state index in [0.29, 0.717) is 6.10 Å². The fourth-order valence-corrected chi connectivity index (χ4v) is 1.80. The monoisotopic (exact) mass is 196 g/mol. The van der Waals surface area contributed by atoms with E-state index in [-0.39, 0.29) is 5.38 Å². The van der Waals surface area contributed by atoms with Crippen LogP contribution in [0.1, 0.15) is 30.4 Å². The molecule has 1 aromatic rings. The van der Waals surface area contributed by atoms with Crippen molar-refractivity contribution in [3.05, 3.63) is 29.3 Å². The summed E-state index contributed by atoms with van der Waals surface area (Å²) in [5.41, 5.74) is 2.43. The van der Waals surface area contributed by atoms with Gasteiger partial charge in [0, 0.05) is 6.42 Å². The number of alkyl halides is 1. The first-order chi connectivity index (χ1) is 6.16. The number of ether oxygens (including phenoxy) is 1. The van der Waals surface area contributed by atoms with Gasteiger partial charge < -0.3 is 4.74 Å². The molecule has 1 heterocycles. The number of fused-ring (bicyclic) bond motifs is 1. The first-order valence-electron chi connectivity index (χ1n) is 4.60. The molecule has 1 aliphatic heterocycles. The van der Waals surface area contributed by atoms with Gasteiger partial charge in [-0.05, 0) is 31.0 Å². The Bertz CT molecular complexity index is 320. The summed E-state index contributed by atoms with van der Waals surface area (Å²) >= 11 is 5.99. The average molecular weight is 197 g/mol. The summed E-state index contributed by atoms with van der Waals surface area (Å²) in [6.45, 7) is 4.06. The molecule has 1 aliphatic rings. The number of rotatable bonds is 1. The standard InChI is InChI=1S/C11H13ClO/c1-7-5-10-4-3-9(8(2)12)6-11(10)13-7/h3-4,6-8H,5H2,1-2H3/t7-,8?/m1/s1. The Morgan fingerprint density at radius 2 is 2.31 bits per heavy atom. The molecule has 0 aromatic heterocycles. The van der Waals surface area contributed by atoms with E-state index in [1.807, 2.05) is 6.92 Å². The molecule has 2 rings (SSSR count). The molecule has 0 N–H and O–H groups in total. The minimum absolute atomic E-state index is 0.0600. The zero-order valence-corrected chi connectivity index (χ0v) is 8.64. The van der Waals surface area contributed by atoms with E-state index in [2.05, 4.69) is 25.1 Å². The first-order valence-corrected chi connectivity index (χ1v) is 5.04. The maximum absolute atomic E-state index is 5.99. The molecule has 0 fully saturated rings. The van der Waals surface area contributed by atoms with Gasteiger partial charge in [0.05, 0.1) is 5.38 Å². The van der Waals surface area contributed by atoms with Crippen LogP contribution < -0.4 is 4.74 Å². The van der Waals surface area contributed by atoms with Gasteiger partial charge in [-0.25, -0.2) is 0 Å². The van der Waals surface area contributed by atoms with Gasteiger partial charge in [0.1, 0.15) is 11.9 Å². The Morgan fingerprint density at radius 1 is 1.54 bits per heavy atom. The van der Waals surface area contributed by atoms with Crippen LogP contribution in [0.4, 0.5) is 0 Å². The molecule has 2 atom stereocenters. The van der Waals surface area contributed by atoms with Crippen molar-refractivity contribution in [2.24, 2.45) is 0 Å². The van der Waals surface area contributed by atoms with Crippen molar-refractivity contribution in [2.45, 2.75) is 31.7 Å². The lowest BCUT2D eigenvalue weighted by molar-refractivity contribution is 0.254. The van der Waals surface area contributed by atoms with Gasteiger partial charge in [-0.15, -0.1) is 11.6 Å². The highest BCUT2D eigenvalue weighted by molar-refractivity contribution is 6.20. The van der Waals surface area contributed by atoms with Crippen molar-refractivity contribution in [1.82, 2.24) is 0 Å². The highest BCUT2D eigenvalue weighted by atomic mass is 35.5. The van der Waals surface area contributed by atoms with E-state index < -0.39 is 0 Å². The van der Waals surface area contributed by atoms with Crippen molar-refractivity contribution in [2.75, 3.05) is 0 Å². The SMILES string of the molecule is CC(Cl)c1ccc2c(c1)O[C@H](C)C2. The third-order valence-corrected chi connectivity index (χ3v) is 2.64. The molecule has 2 heteroatoms. The summed E-state index contributed by atoms with van der Waals surface area (Å²) < 4.78 is 5.64. The maximum atomic E-state index is 5.99. The van der Waals surface area contributed by atoms with Gasteiger partial charge in [-0.3, -0.25) is 0 Å². The topological polar surface area (TPSA) is 9.23 Å². The second-order valence-corrected chi connectivity index (χ2v) is 4.27. The van der Waals surface area contributed by atoms with Gasteiger partial charge in [0.2, 0.25) is 0 Å². The molecule has 0 amide bonds. The van der Waals surface area contributed by atoms with Crippen LogP contribution in [0, 0.1) is 0 Å². The molecular weight excluding hydrogens is 184 g/mol. The molecule has 0 radical (unpaired) electrons. The largest absolute Gasteiger partial charge is 0.490 e. The summed E-state index contributed by atoms with van der Waals surface area (Å²) in [7, 11) is 0. The third-order valence-electron chi connectivity index (χ3n) is 2.39. The summed E-state index contributed by atoms with van der Waals surface area (Å²) in [5, 5.41) is 0.0600. The fourth-order valence-electron chi connectivity index (χ4n) is 1.67. The molecule has 1 aromatic carbocycles. The molecule has 1 unspecified atom stereocenters. The van der Waals surface area contributed by atoms with E-state index in [1.54, 1.807) is 0 Å². The molecule has 0 bridgehead atoms. The fraction of sp³-hybridized carbons (Fsp3) is 0.455. The lowest BCUT2D eigenvalue weighted by atomic mass is 10.1. The van der Waals surface area contributed by atoms with Crippen LogP contribution in [-0.4, -0.2) is 6.10 Å². The Balaban J connectivity index is 2.35. The van der Waals surface area contributed by atoms with Crippen LogP contribution in [0.25, 0.3) is 0 Å². The van der Waals surface area contributed by atoms with Crippen LogP contribution in [0.15, 0.2) is 18.2 Å². The van der Waals surface area contributed by atoms with E-state index in [0.717, 1.165) is 17.7 Å². The first kappa shape index (κ1) is 8.89. The zero-order chi connectivity index (χ0) is 9.42. The molecule has 0 saturated carbocycles. The number of halogens is 1. The Kier molecular flexibility index (Phi) is 2.20. The predicted molar refractivity (Wildman–Crippen MR) is 54.5 cm³/mol. The van der Waals surface area contributed by atoms with Crippen LogP contribution in [0.5, 0.6) is 5.75 Å². The lowest BCUT2D eigenvalue weighted by Gasteiger charge is -2.06. The van der Waals surface area contributed by atoms with Gasteiger partial charge >= 0.3 is 0 Å². The normalized spacial score (nSPS) is 22.2. The van der Waals surface area contributed by atoms with E-state index >= 15 is 0 Å². The second-order valence-electron chi connectivity index (χ2n) is 3.62. The Labute approximate surface area is 83.7 Å². The molecule has 13 heavy (non-hydrogen) atoms. The van der Waals surface area contributed by atoms with Gasteiger partial charge in [-0.2, -0.15) is 0 Å². The highest BCUT2D eigenvalue weighted by Crippen LogP contribution is 2.32. The second kappa shape index (κ2) is 3.22. The number of benzene rings is 1. The molecule has 0 spiro atoms. The highest BCUT2D eigenvalue weighted by Gasteiger charge is 2.19. The quantitative estimate of drug-likeness (QED) is 0.627. The molecular formula is C11H13ClO. The number of hydrogen-bond acceptors (Lipinski definition) is 1. The van der Waals surface area contributed by atoms with E-state index in [1.165, 1.54) is 5.56 Å². The van der Waals surface area contributed by atoms with Gasteiger partial charge in [0.15, 0.2) is 0 Å². The number of hydrogen-bond donors (Lipinski definition) is 0. The van der Waals surface area contributed by atoms with Crippen molar-refractivity contribution in [1.29, 1.82) is 0 Å². The van der Waals surface area contributed by atoms with Gasteiger partial charge in [0.25, 0.3) is 0 Å². The van der Waals surface area contributed by atoms with E-state index in [9.17, 15) is 0 Å². The van der Waals surface area contributed by atoms with Crippen molar-refractivity contribution in [3.8, 4) is 5.75 Å². The molecule has 1 nitrogen and oxygen atoms in total. The van der Waals surface area contributed by atoms with Crippen LogP contribution >= 0.6 is 11.6 Å². The summed E-state index contributed by atoms with van der Waals surface area (Å²) in [6, 6.07) is 6.25.